The highest BCUT2D eigenvalue weighted by Crippen LogP contribution is 2.35. The summed E-state index contributed by atoms with van der Waals surface area (Å²) in [6.45, 7) is 2.91. The van der Waals surface area contributed by atoms with Gasteiger partial charge in [0.25, 0.3) is 0 Å². The van der Waals surface area contributed by atoms with Crippen molar-refractivity contribution in [3.8, 4) is 11.5 Å². The van der Waals surface area contributed by atoms with E-state index in [9.17, 15) is 19.8 Å². The predicted molar refractivity (Wildman–Crippen MR) is 209 cm³/mol. The van der Waals surface area contributed by atoms with Gasteiger partial charge >= 0.3 is 0 Å². The average Bonchev–Trinajstić information content (AvgIpc) is 3.17. The van der Waals surface area contributed by atoms with Crippen LogP contribution in [0.25, 0.3) is 10.9 Å². The van der Waals surface area contributed by atoms with Gasteiger partial charge < -0.3 is 35.7 Å². The Labute approximate surface area is 311 Å². The molecule has 1 fully saturated rings. The zero-order valence-electron chi connectivity index (χ0n) is 30.0. The number of pyridine rings is 1. The zero-order valence-corrected chi connectivity index (χ0v) is 30.8. The number of fused-ring (bicyclic) bond motifs is 3. The van der Waals surface area contributed by atoms with Crippen LogP contribution in [-0.2, 0) is 4.79 Å². The minimum Gasteiger partial charge on any atom is -0.506 e. The number of phenols is 1. The second-order valence-electron chi connectivity index (χ2n) is 13.1. The van der Waals surface area contributed by atoms with Crippen LogP contribution in [-0.4, -0.2) is 65.8 Å². The number of nitrogens with one attached hydrogen (secondary N) is 3. The molecule has 7 rings (SSSR count). The quantitative estimate of drug-likeness (QED) is 0.0475. The largest absolute Gasteiger partial charge is 0.506 e. The van der Waals surface area contributed by atoms with E-state index in [1.807, 2.05) is 48.5 Å². The van der Waals surface area contributed by atoms with Gasteiger partial charge in [-0.15, -0.1) is 0 Å². The normalized spacial score (nSPS) is 14.4. The van der Waals surface area contributed by atoms with Crippen molar-refractivity contribution in [1.29, 1.82) is 0 Å². The van der Waals surface area contributed by atoms with E-state index in [2.05, 4.69) is 20.6 Å². The number of halogens is 1. The Morgan fingerprint density at radius 1 is 0.923 bits per heavy atom. The molecule has 2 unspecified atom stereocenters. The van der Waals surface area contributed by atoms with Crippen LogP contribution in [0.4, 0.5) is 0 Å². The zero-order chi connectivity index (χ0) is 37.1. The van der Waals surface area contributed by atoms with Crippen molar-refractivity contribution in [2.24, 2.45) is 10.9 Å². The predicted octanol–water partition coefficient (Wildman–Crippen LogP) is 7.00. The van der Waals surface area contributed by atoms with Gasteiger partial charge in [-0.25, -0.2) is 0 Å². The van der Waals surface area contributed by atoms with Gasteiger partial charge in [0.2, 0.25) is 12.0 Å². The summed E-state index contributed by atoms with van der Waals surface area (Å²) in [5.41, 5.74) is 3.94. The van der Waals surface area contributed by atoms with Crippen LogP contribution in [0.5, 0.6) is 11.5 Å². The molecule has 6 N–H and O–H groups in total. The summed E-state index contributed by atoms with van der Waals surface area (Å²) >= 11 is 6.68. The summed E-state index contributed by atoms with van der Waals surface area (Å²) < 4.78 is 5.99. The number of aliphatic hydroxyl groups excluding tert-OH is 2. The van der Waals surface area contributed by atoms with Crippen molar-refractivity contribution in [3.05, 3.63) is 105 Å². The lowest BCUT2D eigenvalue weighted by Crippen LogP contribution is -2.28. The Kier molecular flexibility index (Phi) is 17.1. The second-order valence-corrected chi connectivity index (χ2v) is 13.5. The van der Waals surface area contributed by atoms with Crippen molar-refractivity contribution in [3.63, 3.8) is 0 Å². The molecule has 10 nitrogen and oxygen atoms in total. The lowest BCUT2D eigenvalue weighted by Gasteiger charge is -2.31. The third-order valence-electron chi connectivity index (χ3n) is 9.45. The van der Waals surface area contributed by atoms with Crippen molar-refractivity contribution < 1.29 is 24.9 Å². The summed E-state index contributed by atoms with van der Waals surface area (Å²) in [4.78, 5) is 29.8. The molecule has 1 saturated carbocycles. The van der Waals surface area contributed by atoms with Gasteiger partial charge in [0, 0.05) is 42.9 Å². The Hall–Kier alpha value is -4.22. The number of aliphatic imine (C=N–C) groups is 1. The number of carbonyl (C=O) groups excluding carboxylic acids is 1. The second kappa shape index (κ2) is 22.0. The first kappa shape index (κ1) is 40.5. The molecule has 52 heavy (non-hydrogen) atoms. The number of phenolic OH excluding ortho intramolecular Hbond substituents is 1. The smallest absolute Gasteiger partial charge is 0.248 e. The van der Waals surface area contributed by atoms with E-state index < -0.39 is 6.10 Å². The topological polar surface area (TPSA) is 156 Å². The number of ether oxygens (including phenoxy) is 1. The fourth-order valence-electron chi connectivity index (χ4n) is 6.60. The lowest BCUT2D eigenvalue weighted by molar-refractivity contribution is -0.110. The summed E-state index contributed by atoms with van der Waals surface area (Å²) in [5.74, 6) is 1.66. The summed E-state index contributed by atoms with van der Waals surface area (Å²) in [6.07, 6.45) is 11.6. The molecule has 1 aliphatic carbocycles. The molecular formula is C41H53ClN4O6. The molecule has 2 bridgehead atoms. The number of hydrogen-bond acceptors (Lipinski definition) is 8. The Bertz CT molecular complexity index is 1760. The summed E-state index contributed by atoms with van der Waals surface area (Å²) in [7, 11) is 1.00. The maximum Gasteiger partial charge on any atom is 0.248 e. The molecule has 2 aliphatic heterocycles. The van der Waals surface area contributed by atoms with Crippen LogP contribution >= 0.6 is 11.6 Å². The fraction of sp³-hybridized carbons (Fsp3) is 0.439. The number of nitrogens with zero attached hydrogens (tertiary/aromatic N) is 1. The number of rotatable bonds is 18. The average molecular weight is 733 g/mol. The molecule has 11 heteroatoms. The van der Waals surface area contributed by atoms with Gasteiger partial charge in [-0.3, -0.25) is 14.6 Å². The monoisotopic (exact) mass is 732 g/mol. The minimum absolute atomic E-state index is 0.0132. The number of unbranched alkanes of at least 4 members (excludes halogenated alkanes) is 6. The third kappa shape index (κ3) is 11.9. The van der Waals surface area contributed by atoms with Gasteiger partial charge in [-0.1, -0.05) is 92.2 Å². The number of aromatic hydroxyl groups is 1. The molecule has 0 spiro atoms. The molecule has 3 aromatic carbocycles. The van der Waals surface area contributed by atoms with Gasteiger partial charge in [0.15, 0.2) is 0 Å². The van der Waals surface area contributed by atoms with Crippen LogP contribution in [0.1, 0.15) is 93.0 Å². The first-order valence-corrected chi connectivity index (χ1v) is 18.7. The van der Waals surface area contributed by atoms with E-state index in [-0.39, 0.29) is 17.4 Å². The van der Waals surface area contributed by atoms with Gasteiger partial charge in [0.1, 0.15) is 11.5 Å². The molecule has 280 valence electrons. The molecule has 2 atom stereocenters. The maximum atomic E-state index is 11.6. The number of benzene rings is 3. The van der Waals surface area contributed by atoms with Gasteiger partial charge in [0.05, 0.1) is 29.3 Å². The first-order chi connectivity index (χ1) is 25.4. The van der Waals surface area contributed by atoms with E-state index in [0.29, 0.717) is 46.8 Å². The fourth-order valence-corrected chi connectivity index (χ4v) is 6.89. The molecule has 3 aliphatic rings. The van der Waals surface area contributed by atoms with E-state index in [4.69, 9.17) is 21.4 Å². The van der Waals surface area contributed by atoms with E-state index >= 15 is 0 Å². The highest BCUT2D eigenvalue weighted by Gasteiger charge is 2.27. The lowest BCUT2D eigenvalue weighted by atomic mass is 9.78. The third-order valence-corrected chi connectivity index (χ3v) is 9.86. The molecule has 1 aromatic heterocycles. The minimum atomic E-state index is -0.744. The van der Waals surface area contributed by atoms with Crippen LogP contribution in [0.2, 0.25) is 5.02 Å². The van der Waals surface area contributed by atoms with Crippen molar-refractivity contribution in [2.75, 3.05) is 33.4 Å². The van der Waals surface area contributed by atoms with Crippen molar-refractivity contribution >= 4 is 34.6 Å². The highest BCUT2D eigenvalue weighted by molar-refractivity contribution is 6.33. The number of amides is 1. The standard InChI is InChI=1S/C34H40ClN3O5.C6H9N.CH4O/c35-32-27(33(37-23-39)24-12-7-6-8-13-24)14-11-15-30(32)43-21-10-5-3-1-2-4-9-20-36-22-29(41)25-16-18-28(40)34-26(25)17-19-31(42)38-34;1-2-7-6-3-5(1)4-6;1-2/h6-8,11-19,23,29,33,36,40-41H,1-5,9-10,20-22H2,(H,37,39)(H,38,42);5H,1-4H2;2H,1H3. The van der Waals surface area contributed by atoms with Crippen LogP contribution in [0, 0.1) is 5.92 Å². The molecule has 0 radical (unpaired) electrons. The van der Waals surface area contributed by atoms with Crippen LogP contribution in [0.15, 0.2) is 82.6 Å². The number of carbonyl (C=O) groups is 1. The maximum absolute atomic E-state index is 11.6. The van der Waals surface area contributed by atoms with E-state index in [1.54, 1.807) is 12.1 Å². The number of H-pyrrole nitrogens is 1. The Morgan fingerprint density at radius 2 is 1.65 bits per heavy atom. The summed E-state index contributed by atoms with van der Waals surface area (Å²) in [6, 6.07) is 21.2. The Balaban J connectivity index is 0.000000584. The van der Waals surface area contributed by atoms with Gasteiger partial charge in [-0.05, 0) is 73.9 Å². The summed E-state index contributed by atoms with van der Waals surface area (Å²) in [5, 5.41) is 35.0. The van der Waals surface area contributed by atoms with E-state index in [1.165, 1.54) is 37.1 Å². The van der Waals surface area contributed by atoms with Gasteiger partial charge in [-0.2, -0.15) is 0 Å². The number of aromatic nitrogens is 1. The van der Waals surface area contributed by atoms with Crippen molar-refractivity contribution in [1.82, 2.24) is 15.6 Å². The number of hydrogen-bond donors (Lipinski definition) is 6. The molecular weight excluding hydrogens is 680 g/mol. The first-order valence-electron chi connectivity index (χ1n) is 18.3. The molecule has 0 saturated heterocycles. The molecule has 3 heterocycles. The van der Waals surface area contributed by atoms with Crippen LogP contribution in [0.3, 0.4) is 0 Å². The van der Waals surface area contributed by atoms with Crippen molar-refractivity contribution in [2.45, 2.75) is 76.4 Å². The Morgan fingerprint density at radius 3 is 2.31 bits per heavy atom. The molecule has 1 amide bonds. The highest BCUT2D eigenvalue weighted by atomic mass is 35.5. The number of aromatic amines is 1. The van der Waals surface area contributed by atoms with Crippen LogP contribution < -0.4 is 20.9 Å². The SMILES string of the molecule is C1CC2CC(=N1)C2.CO.O=CNC(c1ccccc1)c1cccc(OCCCCCCCCCNCC(O)c2ccc(O)c3[nH]c(=O)ccc23)c1Cl. The molecule has 4 aromatic rings. The van der Waals surface area contributed by atoms with E-state index in [0.717, 1.165) is 82.2 Å². The number of aliphatic hydroxyl groups is 2.